The Bertz CT molecular complexity index is 629. The van der Waals surface area contributed by atoms with Crippen molar-refractivity contribution in [1.29, 1.82) is 5.26 Å². The first kappa shape index (κ1) is 12.8. The monoisotopic (exact) mass is 255 g/mol. The molecular weight excluding hydrogens is 242 g/mol. The lowest BCUT2D eigenvalue weighted by Gasteiger charge is -2.21. The second kappa shape index (κ2) is 5.83. The van der Waals surface area contributed by atoms with E-state index in [4.69, 9.17) is 10.4 Å². The van der Waals surface area contributed by atoms with Crippen molar-refractivity contribution in [2.75, 3.05) is 18.0 Å². The first-order valence-electron chi connectivity index (χ1n) is 5.90. The molecule has 2 rings (SSSR count). The maximum atomic E-state index is 10.7. The van der Waals surface area contributed by atoms with Gasteiger partial charge in [-0.2, -0.15) is 5.26 Å². The number of pyridine rings is 1. The number of aromatic nitrogens is 1. The third kappa shape index (κ3) is 2.99. The lowest BCUT2D eigenvalue weighted by Crippen LogP contribution is -2.26. The van der Waals surface area contributed by atoms with Gasteiger partial charge in [0.05, 0.1) is 23.7 Å². The third-order valence-corrected chi connectivity index (χ3v) is 2.81. The number of fused-ring (bicyclic) bond motifs is 1. The average Bonchev–Trinajstić information content (AvgIpc) is 2.43. The average molecular weight is 255 g/mol. The Morgan fingerprint density at radius 1 is 1.37 bits per heavy atom. The van der Waals surface area contributed by atoms with E-state index in [1.54, 1.807) is 11.1 Å². The lowest BCUT2D eigenvalue weighted by molar-refractivity contribution is -0.136. The zero-order chi connectivity index (χ0) is 13.7. The highest BCUT2D eigenvalue weighted by atomic mass is 16.4. The van der Waals surface area contributed by atoms with Crippen LogP contribution in [0.15, 0.2) is 36.5 Å². The fourth-order valence-corrected chi connectivity index (χ4v) is 1.94. The third-order valence-electron chi connectivity index (χ3n) is 2.81. The molecule has 0 aliphatic rings. The van der Waals surface area contributed by atoms with E-state index >= 15 is 0 Å². The Morgan fingerprint density at radius 2 is 2.16 bits per heavy atom. The minimum atomic E-state index is -0.879. The van der Waals surface area contributed by atoms with Gasteiger partial charge in [-0.25, -0.2) is 0 Å². The summed E-state index contributed by atoms with van der Waals surface area (Å²) in [7, 11) is 0. The van der Waals surface area contributed by atoms with Crippen molar-refractivity contribution in [3.8, 4) is 6.07 Å². The van der Waals surface area contributed by atoms with Gasteiger partial charge in [0.1, 0.15) is 6.54 Å². The standard InChI is InChI=1S/C14H13N3O2/c15-7-10-17(9-6-13(18)19)12-5-1-3-11-4-2-8-16-14(11)12/h1-5,8H,6,9-10H2,(H,18,19). The fraction of sp³-hybridized carbons (Fsp3) is 0.214. The van der Waals surface area contributed by atoms with E-state index in [2.05, 4.69) is 11.1 Å². The van der Waals surface area contributed by atoms with Crippen LogP contribution in [0.3, 0.4) is 0 Å². The Kier molecular flexibility index (Phi) is 3.94. The summed E-state index contributed by atoms with van der Waals surface area (Å²) in [5.41, 5.74) is 1.58. The number of rotatable bonds is 5. The molecule has 0 aliphatic heterocycles. The topological polar surface area (TPSA) is 77.2 Å². The molecule has 19 heavy (non-hydrogen) atoms. The van der Waals surface area contributed by atoms with Crippen molar-refractivity contribution in [3.05, 3.63) is 36.5 Å². The van der Waals surface area contributed by atoms with Crippen molar-refractivity contribution in [2.24, 2.45) is 0 Å². The number of benzene rings is 1. The summed E-state index contributed by atoms with van der Waals surface area (Å²) in [5.74, 6) is -0.879. The zero-order valence-electron chi connectivity index (χ0n) is 10.3. The molecular formula is C14H13N3O2. The fourth-order valence-electron chi connectivity index (χ4n) is 1.94. The van der Waals surface area contributed by atoms with Gasteiger partial charge in [0.25, 0.3) is 0 Å². The van der Waals surface area contributed by atoms with E-state index in [1.807, 2.05) is 30.3 Å². The molecule has 96 valence electrons. The molecule has 1 heterocycles. The van der Waals surface area contributed by atoms with Crippen molar-refractivity contribution in [3.63, 3.8) is 0 Å². The summed E-state index contributed by atoms with van der Waals surface area (Å²) in [5, 5.41) is 18.6. The maximum absolute atomic E-state index is 10.7. The van der Waals surface area contributed by atoms with Crippen LogP contribution in [0.25, 0.3) is 10.9 Å². The Balaban J connectivity index is 2.38. The smallest absolute Gasteiger partial charge is 0.305 e. The molecule has 0 spiro atoms. The lowest BCUT2D eigenvalue weighted by atomic mass is 10.1. The van der Waals surface area contributed by atoms with Crippen molar-refractivity contribution in [2.45, 2.75) is 6.42 Å². The highest BCUT2D eigenvalue weighted by Crippen LogP contribution is 2.24. The molecule has 0 radical (unpaired) electrons. The summed E-state index contributed by atoms with van der Waals surface area (Å²) in [4.78, 5) is 16.7. The molecule has 2 aromatic rings. The number of para-hydroxylation sites is 1. The first-order chi connectivity index (χ1) is 9.22. The molecule has 1 aromatic heterocycles. The Morgan fingerprint density at radius 3 is 2.89 bits per heavy atom. The van der Waals surface area contributed by atoms with Crippen LogP contribution < -0.4 is 4.90 Å². The van der Waals surface area contributed by atoms with Crippen molar-refractivity contribution < 1.29 is 9.90 Å². The van der Waals surface area contributed by atoms with Gasteiger partial charge in [-0.05, 0) is 12.1 Å². The quantitative estimate of drug-likeness (QED) is 0.827. The van der Waals surface area contributed by atoms with Crippen LogP contribution in [-0.2, 0) is 4.79 Å². The van der Waals surface area contributed by atoms with Crippen molar-refractivity contribution >= 4 is 22.6 Å². The normalized spacial score (nSPS) is 10.1. The number of nitrogens with zero attached hydrogens (tertiary/aromatic N) is 3. The molecule has 0 unspecified atom stereocenters. The SMILES string of the molecule is N#CCN(CCC(=O)O)c1cccc2cccnc12. The van der Waals surface area contributed by atoms with Crippen LogP contribution in [0, 0.1) is 11.3 Å². The highest BCUT2D eigenvalue weighted by molar-refractivity contribution is 5.90. The molecule has 5 nitrogen and oxygen atoms in total. The number of hydrogen-bond acceptors (Lipinski definition) is 4. The van der Waals surface area contributed by atoms with Crippen LogP contribution in [0.5, 0.6) is 0 Å². The molecule has 1 aromatic carbocycles. The highest BCUT2D eigenvalue weighted by Gasteiger charge is 2.11. The summed E-state index contributed by atoms with van der Waals surface area (Å²) in [6.07, 6.45) is 1.68. The van der Waals surface area contributed by atoms with E-state index < -0.39 is 5.97 Å². The minimum absolute atomic E-state index is 0.00903. The van der Waals surface area contributed by atoms with Gasteiger partial charge in [0.2, 0.25) is 0 Å². The van der Waals surface area contributed by atoms with Gasteiger partial charge >= 0.3 is 5.97 Å². The van der Waals surface area contributed by atoms with Crippen LogP contribution in [0.2, 0.25) is 0 Å². The number of aliphatic carboxylic acids is 1. The van der Waals surface area contributed by atoms with Gasteiger partial charge in [0, 0.05) is 18.1 Å². The van der Waals surface area contributed by atoms with Crippen LogP contribution in [-0.4, -0.2) is 29.1 Å². The van der Waals surface area contributed by atoms with Gasteiger partial charge < -0.3 is 10.0 Å². The molecule has 0 fully saturated rings. The van der Waals surface area contributed by atoms with Crippen LogP contribution in [0.1, 0.15) is 6.42 Å². The van der Waals surface area contributed by atoms with E-state index in [0.717, 1.165) is 16.6 Å². The van der Waals surface area contributed by atoms with Crippen LogP contribution in [0.4, 0.5) is 5.69 Å². The number of carboxylic acids is 1. The van der Waals surface area contributed by atoms with Gasteiger partial charge in [-0.1, -0.05) is 18.2 Å². The molecule has 1 N–H and O–H groups in total. The maximum Gasteiger partial charge on any atom is 0.305 e. The van der Waals surface area contributed by atoms with E-state index in [0.29, 0.717) is 6.54 Å². The number of carbonyl (C=O) groups is 1. The number of nitriles is 1. The van der Waals surface area contributed by atoms with Gasteiger partial charge in [-0.15, -0.1) is 0 Å². The van der Waals surface area contributed by atoms with E-state index in [1.165, 1.54) is 0 Å². The summed E-state index contributed by atoms with van der Waals surface area (Å²) >= 11 is 0. The number of carboxylic acid groups (broad SMARTS) is 1. The molecule has 0 amide bonds. The molecule has 0 saturated carbocycles. The predicted octanol–water partition coefficient (Wildman–Crippen LogP) is 2.04. The molecule has 0 bridgehead atoms. The molecule has 0 atom stereocenters. The summed E-state index contributed by atoms with van der Waals surface area (Å²) < 4.78 is 0. The minimum Gasteiger partial charge on any atom is -0.481 e. The number of hydrogen-bond donors (Lipinski definition) is 1. The van der Waals surface area contributed by atoms with Gasteiger partial charge in [0.15, 0.2) is 0 Å². The summed E-state index contributed by atoms with van der Waals surface area (Å²) in [6, 6.07) is 11.5. The summed E-state index contributed by atoms with van der Waals surface area (Å²) in [6.45, 7) is 0.432. The predicted molar refractivity (Wildman–Crippen MR) is 71.8 cm³/mol. The second-order valence-corrected chi connectivity index (χ2v) is 4.08. The second-order valence-electron chi connectivity index (χ2n) is 4.08. The zero-order valence-corrected chi connectivity index (χ0v) is 10.3. The number of anilines is 1. The van der Waals surface area contributed by atoms with E-state index in [-0.39, 0.29) is 13.0 Å². The molecule has 0 saturated heterocycles. The Labute approximate surface area is 110 Å². The Hall–Kier alpha value is -2.61. The van der Waals surface area contributed by atoms with Crippen LogP contribution >= 0.6 is 0 Å². The first-order valence-corrected chi connectivity index (χ1v) is 5.90. The van der Waals surface area contributed by atoms with Crippen molar-refractivity contribution in [1.82, 2.24) is 4.98 Å². The molecule has 5 heteroatoms. The van der Waals surface area contributed by atoms with E-state index in [9.17, 15) is 4.79 Å². The largest absolute Gasteiger partial charge is 0.481 e. The van der Waals surface area contributed by atoms with Gasteiger partial charge in [-0.3, -0.25) is 9.78 Å². The molecule has 0 aliphatic carbocycles.